The number of rotatable bonds is 5. The minimum absolute atomic E-state index is 0.606. The average Bonchev–Trinajstić information content (AvgIpc) is 2.54. The molecule has 2 nitrogen and oxygen atoms in total. The Bertz CT molecular complexity index is 325. The van der Waals surface area contributed by atoms with Crippen LogP contribution in [0.4, 0.5) is 0 Å². The van der Waals surface area contributed by atoms with Crippen molar-refractivity contribution in [3.8, 4) is 6.07 Å². The molecule has 0 saturated carbocycles. The fourth-order valence-electron chi connectivity index (χ4n) is 1.09. The van der Waals surface area contributed by atoms with E-state index in [0.717, 1.165) is 15.0 Å². The van der Waals surface area contributed by atoms with Crippen molar-refractivity contribution in [3.05, 3.63) is 10.7 Å². The number of nitriles is 1. The summed E-state index contributed by atoms with van der Waals surface area (Å²) in [6.07, 6.45) is 3.74. The molecule has 0 aromatic carbocycles. The highest BCUT2D eigenvalue weighted by molar-refractivity contribution is 8.01. The van der Waals surface area contributed by atoms with E-state index in [2.05, 4.69) is 18.0 Å². The largest absolute Gasteiger partial charge is 0.230 e. The molecule has 1 heterocycles. The van der Waals surface area contributed by atoms with E-state index in [4.69, 9.17) is 5.26 Å². The van der Waals surface area contributed by atoms with Crippen molar-refractivity contribution >= 4 is 23.1 Å². The van der Waals surface area contributed by atoms with E-state index in [-0.39, 0.29) is 0 Å². The zero-order valence-corrected chi connectivity index (χ0v) is 10.2. The highest BCUT2D eigenvalue weighted by Gasteiger charge is 2.07. The van der Waals surface area contributed by atoms with Crippen molar-refractivity contribution in [2.24, 2.45) is 0 Å². The first-order chi connectivity index (χ1) is 6.77. The van der Waals surface area contributed by atoms with Crippen LogP contribution in [0, 0.1) is 18.3 Å². The molecule has 14 heavy (non-hydrogen) atoms. The minimum Gasteiger partial charge on any atom is -0.230 e. The maximum absolute atomic E-state index is 8.82. The Labute approximate surface area is 93.4 Å². The van der Waals surface area contributed by atoms with Crippen LogP contribution >= 0.6 is 23.1 Å². The standard InChI is InChI=1S/C10H14N2S2/c1-3-4-5-6-13-10-9(7-11)12-8(2)14-10/h3-6H2,1-2H3. The molecule has 76 valence electrons. The van der Waals surface area contributed by atoms with Gasteiger partial charge in [0.2, 0.25) is 0 Å². The van der Waals surface area contributed by atoms with E-state index in [0.29, 0.717) is 5.69 Å². The molecule has 0 spiro atoms. The predicted molar refractivity (Wildman–Crippen MR) is 61.8 cm³/mol. The van der Waals surface area contributed by atoms with Crippen LogP contribution < -0.4 is 0 Å². The quantitative estimate of drug-likeness (QED) is 0.568. The normalized spacial score (nSPS) is 10.1. The summed E-state index contributed by atoms with van der Waals surface area (Å²) in [7, 11) is 0. The first-order valence-corrected chi connectivity index (χ1v) is 6.58. The molecule has 0 aliphatic heterocycles. The zero-order valence-electron chi connectivity index (χ0n) is 8.54. The van der Waals surface area contributed by atoms with Gasteiger partial charge >= 0.3 is 0 Å². The molecule has 0 atom stereocenters. The van der Waals surface area contributed by atoms with E-state index in [1.807, 2.05) is 6.92 Å². The Morgan fingerprint density at radius 3 is 2.93 bits per heavy atom. The molecular weight excluding hydrogens is 212 g/mol. The third-order valence-corrected chi connectivity index (χ3v) is 4.11. The third kappa shape index (κ3) is 3.32. The number of nitrogens with zero attached hydrogens (tertiary/aromatic N) is 2. The van der Waals surface area contributed by atoms with Gasteiger partial charge in [0.15, 0.2) is 5.69 Å². The predicted octanol–water partition coefficient (Wildman–Crippen LogP) is 3.61. The summed E-state index contributed by atoms with van der Waals surface area (Å²) in [6.45, 7) is 4.14. The molecule has 0 saturated heterocycles. The lowest BCUT2D eigenvalue weighted by Gasteiger charge is -1.96. The van der Waals surface area contributed by atoms with Crippen LogP contribution in [0.5, 0.6) is 0 Å². The number of aromatic nitrogens is 1. The summed E-state index contributed by atoms with van der Waals surface area (Å²) >= 11 is 3.39. The topological polar surface area (TPSA) is 36.7 Å². The van der Waals surface area contributed by atoms with Crippen LogP contribution in [0.1, 0.15) is 36.9 Å². The molecule has 0 radical (unpaired) electrons. The smallest absolute Gasteiger partial charge is 0.165 e. The number of aryl methyl sites for hydroxylation is 1. The van der Waals surface area contributed by atoms with Gasteiger partial charge in [0, 0.05) is 0 Å². The Kier molecular flexibility index (Phi) is 4.99. The van der Waals surface area contributed by atoms with Gasteiger partial charge < -0.3 is 0 Å². The summed E-state index contributed by atoms with van der Waals surface area (Å²) in [5.74, 6) is 1.10. The molecule has 4 heteroatoms. The van der Waals surface area contributed by atoms with Crippen molar-refractivity contribution in [1.82, 2.24) is 4.98 Å². The molecule has 1 rings (SSSR count). The maximum Gasteiger partial charge on any atom is 0.165 e. The highest BCUT2D eigenvalue weighted by Crippen LogP contribution is 2.29. The Balaban J connectivity index is 2.46. The first kappa shape index (κ1) is 11.5. The summed E-state index contributed by atoms with van der Waals surface area (Å²) in [5, 5.41) is 9.80. The van der Waals surface area contributed by atoms with Crippen molar-refractivity contribution in [1.29, 1.82) is 5.26 Å². The lowest BCUT2D eigenvalue weighted by molar-refractivity contribution is 0.779. The fourth-order valence-corrected chi connectivity index (χ4v) is 3.30. The van der Waals surface area contributed by atoms with Gasteiger partial charge in [-0.15, -0.1) is 23.1 Å². The van der Waals surface area contributed by atoms with E-state index in [1.165, 1.54) is 19.3 Å². The SMILES string of the molecule is CCCCCSc1sc(C)nc1C#N. The van der Waals surface area contributed by atoms with E-state index < -0.39 is 0 Å². The van der Waals surface area contributed by atoms with Crippen molar-refractivity contribution in [2.75, 3.05) is 5.75 Å². The van der Waals surface area contributed by atoms with Gasteiger partial charge in [0.1, 0.15) is 6.07 Å². The lowest BCUT2D eigenvalue weighted by Crippen LogP contribution is -1.80. The minimum atomic E-state index is 0.606. The highest BCUT2D eigenvalue weighted by atomic mass is 32.2. The number of unbranched alkanes of at least 4 members (excludes halogenated alkanes) is 2. The fraction of sp³-hybridized carbons (Fsp3) is 0.600. The molecular formula is C10H14N2S2. The van der Waals surface area contributed by atoms with Crippen molar-refractivity contribution < 1.29 is 0 Å². The Hall–Kier alpha value is -0.530. The van der Waals surface area contributed by atoms with E-state index in [9.17, 15) is 0 Å². The number of hydrogen-bond acceptors (Lipinski definition) is 4. The second-order valence-corrected chi connectivity index (χ2v) is 5.60. The van der Waals surface area contributed by atoms with E-state index in [1.54, 1.807) is 23.1 Å². The van der Waals surface area contributed by atoms with Crippen LogP contribution in [0.3, 0.4) is 0 Å². The van der Waals surface area contributed by atoms with Gasteiger partial charge in [-0.25, -0.2) is 4.98 Å². The van der Waals surface area contributed by atoms with Gasteiger partial charge in [-0.1, -0.05) is 19.8 Å². The maximum atomic E-state index is 8.82. The molecule has 0 amide bonds. The second kappa shape index (κ2) is 6.05. The molecule has 0 bridgehead atoms. The van der Waals surface area contributed by atoms with Crippen LogP contribution in [-0.2, 0) is 0 Å². The number of thioether (sulfide) groups is 1. The molecule has 0 N–H and O–H groups in total. The summed E-state index contributed by atoms with van der Waals surface area (Å²) in [4.78, 5) is 4.16. The van der Waals surface area contributed by atoms with Crippen LogP contribution in [0.2, 0.25) is 0 Å². The number of hydrogen-bond donors (Lipinski definition) is 0. The van der Waals surface area contributed by atoms with Crippen LogP contribution in [0.25, 0.3) is 0 Å². The third-order valence-electron chi connectivity index (χ3n) is 1.79. The van der Waals surface area contributed by atoms with Gasteiger partial charge in [0.05, 0.1) is 9.22 Å². The summed E-state index contributed by atoms with van der Waals surface area (Å²) < 4.78 is 1.08. The first-order valence-electron chi connectivity index (χ1n) is 4.78. The Morgan fingerprint density at radius 1 is 1.50 bits per heavy atom. The summed E-state index contributed by atoms with van der Waals surface area (Å²) in [6, 6.07) is 2.14. The summed E-state index contributed by atoms with van der Waals surface area (Å²) in [5.41, 5.74) is 0.606. The Morgan fingerprint density at radius 2 is 2.29 bits per heavy atom. The van der Waals surface area contributed by atoms with Gasteiger partial charge in [-0.05, 0) is 19.1 Å². The zero-order chi connectivity index (χ0) is 10.4. The molecule has 0 aliphatic carbocycles. The van der Waals surface area contributed by atoms with Crippen LogP contribution in [-0.4, -0.2) is 10.7 Å². The van der Waals surface area contributed by atoms with Crippen molar-refractivity contribution in [2.45, 2.75) is 37.3 Å². The molecule has 1 aromatic rings. The average molecular weight is 226 g/mol. The monoisotopic (exact) mass is 226 g/mol. The van der Waals surface area contributed by atoms with Gasteiger partial charge in [0.25, 0.3) is 0 Å². The molecule has 1 aromatic heterocycles. The van der Waals surface area contributed by atoms with Gasteiger partial charge in [-0.2, -0.15) is 5.26 Å². The van der Waals surface area contributed by atoms with Crippen molar-refractivity contribution in [3.63, 3.8) is 0 Å². The lowest BCUT2D eigenvalue weighted by atomic mass is 10.3. The van der Waals surface area contributed by atoms with Gasteiger partial charge in [-0.3, -0.25) is 0 Å². The molecule has 0 fully saturated rings. The molecule has 0 aliphatic rings. The van der Waals surface area contributed by atoms with Crippen LogP contribution in [0.15, 0.2) is 4.21 Å². The second-order valence-electron chi connectivity index (χ2n) is 3.04. The van der Waals surface area contributed by atoms with E-state index >= 15 is 0 Å². The molecule has 0 unspecified atom stereocenters. The number of thiazole rings is 1.